The van der Waals surface area contributed by atoms with Crippen molar-refractivity contribution >= 4 is 5.91 Å². The van der Waals surface area contributed by atoms with Gasteiger partial charge in [-0.3, -0.25) is 4.79 Å². The van der Waals surface area contributed by atoms with Gasteiger partial charge in [0.05, 0.1) is 12.0 Å². The van der Waals surface area contributed by atoms with E-state index in [0.29, 0.717) is 6.42 Å². The number of nitrogens with one attached hydrogen (secondary N) is 1. The predicted molar refractivity (Wildman–Crippen MR) is 102 cm³/mol. The third-order valence-electron chi connectivity index (χ3n) is 4.58. The highest BCUT2D eigenvalue weighted by atomic mass is 16.1. The van der Waals surface area contributed by atoms with Crippen LogP contribution in [0.25, 0.3) is 0 Å². The lowest BCUT2D eigenvalue weighted by Gasteiger charge is -2.32. The average molecular weight is 329 g/mol. The second-order valence-electron chi connectivity index (χ2n) is 6.57. The average Bonchev–Trinajstić information content (AvgIpc) is 2.65. The van der Waals surface area contributed by atoms with Crippen LogP contribution in [-0.4, -0.2) is 5.91 Å². The minimum atomic E-state index is -0.565. The molecule has 1 N–H and O–H groups in total. The first-order chi connectivity index (χ1) is 12.1. The minimum absolute atomic E-state index is 0.0130. The smallest absolute Gasteiger partial charge is 0.225 e. The van der Waals surface area contributed by atoms with Crippen molar-refractivity contribution in [3.8, 4) is 0 Å². The van der Waals surface area contributed by atoms with Gasteiger partial charge in [-0.05, 0) is 30.5 Å². The van der Waals surface area contributed by atoms with Gasteiger partial charge in [0, 0.05) is 0 Å². The maximum absolute atomic E-state index is 12.7. The van der Waals surface area contributed by atoms with Gasteiger partial charge in [0.25, 0.3) is 0 Å². The Labute approximate surface area is 149 Å². The summed E-state index contributed by atoms with van der Waals surface area (Å²) in [6, 6.07) is 28.3. The van der Waals surface area contributed by atoms with Crippen molar-refractivity contribution in [2.75, 3.05) is 0 Å². The maximum atomic E-state index is 12.7. The number of hydrogen-bond donors (Lipinski definition) is 1. The number of carbonyl (C=O) groups excluding carboxylic acids is 1. The van der Waals surface area contributed by atoms with E-state index in [4.69, 9.17) is 0 Å². The Morgan fingerprint density at radius 1 is 0.800 bits per heavy atom. The molecule has 3 rings (SSSR count). The van der Waals surface area contributed by atoms with E-state index in [2.05, 4.69) is 36.5 Å². The predicted octanol–water partition coefficient (Wildman–Crippen LogP) is 4.62. The van der Waals surface area contributed by atoms with Crippen LogP contribution < -0.4 is 5.32 Å². The topological polar surface area (TPSA) is 29.1 Å². The monoisotopic (exact) mass is 329 g/mol. The Hall–Kier alpha value is -2.87. The summed E-state index contributed by atoms with van der Waals surface area (Å²) in [6.45, 7) is 4.11. The van der Waals surface area contributed by atoms with E-state index in [0.717, 1.165) is 16.7 Å². The Bertz CT molecular complexity index is 783. The molecular formula is C23H23NO. The molecule has 25 heavy (non-hydrogen) atoms. The molecule has 0 fully saturated rings. The first-order valence-corrected chi connectivity index (χ1v) is 8.55. The molecule has 0 aromatic heterocycles. The standard InChI is InChI=1S/C23H23NO/c1-18-13-15-19(16-14-18)17-22(25)24-23(2,20-9-5-3-6-10-20)21-11-7-4-8-12-21/h3-16H,17H2,1-2H3,(H,24,25). The molecule has 0 atom stereocenters. The minimum Gasteiger partial charge on any atom is -0.342 e. The fraction of sp³-hybridized carbons (Fsp3) is 0.174. The fourth-order valence-corrected chi connectivity index (χ4v) is 3.07. The van der Waals surface area contributed by atoms with Gasteiger partial charge in [0.1, 0.15) is 0 Å². The lowest BCUT2D eigenvalue weighted by Crippen LogP contribution is -2.45. The number of hydrogen-bond acceptors (Lipinski definition) is 1. The first kappa shape index (κ1) is 17.0. The molecule has 3 aromatic carbocycles. The first-order valence-electron chi connectivity index (χ1n) is 8.55. The Balaban J connectivity index is 1.88. The van der Waals surface area contributed by atoms with Crippen molar-refractivity contribution in [3.63, 3.8) is 0 Å². The lowest BCUT2D eigenvalue weighted by atomic mass is 9.84. The van der Waals surface area contributed by atoms with Crippen LogP contribution in [0.3, 0.4) is 0 Å². The van der Waals surface area contributed by atoms with Gasteiger partial charge in [-0.1, -0.05) is 90.5 Å². The Kier molecular flexibility index (Phi) is 4.99. The van der Waals surface area contributed by atoms with Gasteiger partial charge >= 0.3 is 0 Å². The van der Waals surface area contributed by atoms with Gasteiger partial charge in [-0.15, -0.1) is 0 Å². The molecular weight excluding hydrogens is 306 g/mol. The summed E-state index contributed by atoms with van der Waals surface area (Å²) in [5.74, 6) is 0.0130. The highest BCUT2D eigenvalue weighted by molar-refractivity contribution is 5.80. The maximum Gasteiger partial charge on any atom is 0.225 e. The summed E-state index contributed by atoms with van der Waals surface area (Å²) >= 11 is 0. The fourth-order valence-electron chi connectivity index (χ4n) is 3.07. The zero-order valence-corrected chi connectivity index (χ0v) is 14.7. The summed E-state index contributed by atoms with van der Waals surface area (Å²) in [7, 11) is 0. The summed E-state index contributed by atoms with van der Waals surface area (Å²) in [6.07, 6.45) is 0.371. The third-order valence-corrected chi connectivity index (χ3v) is 4.58. The van der Waals surface area contributed by atoms with Crippen LogP contribution in [0.2, 0.25) is 0 Å². The zero-order valence-electron chi connectivity index (χ0n) is 14.7. The van der Waals surface area contributed by atoms with Crippen LogP contribution in [0.4, 0.5) is 0 Å². The normalized spacial score (nSPS) is 11.1. The highest BCUT2D eigenvalue weighted by Crippen LogP contribution is 2.29. The van der Waals surface area contributed by atoms with Crippen molar-refractivity contribution < 1.29 is 4.79 Å². The molecule has 0 aliphatic carbocycles. The summed E-state index contributed by atoms with van der Waals surface area (Å²) in [5.41, 5.74) is 3.79. The molecule has 1 amide bonds. The molecule has 0 radical (unpaired) electrons. The van der Waals surface area contributed by atoms with Gasteiger partial charge in [-0.2, -0.15) is 0 Å². The summed E-state index contributed by atoms with van der Waals surface area (Å²) < 4.78 is 0. The van der Waals surface area contributed by atoms with Crippen LogP contribution in [0, 0.1) is 6.92 Å². The van der Waals surface area contributed by atoms with E-state index >= 15 is 0 Å². The molecule has 0 saturated heterocycles. The Morgan fingerprint density at radius 2 is 1.28 bits per heavy atom. The van der Waals surface area contributed by atoms with Crippen molar-refractivity contribution in [1.29, 1.82) is 0 Å². The molecule has 0 spiro atoms. The van der Waals surface area contributed by atoms with Gasteiger partial charge in [-0.25, -0.2) is 0 Å². The van der Waals surface area contributed by atoms with Gasteiger partial charge < -0.3 is 5.32 Å². The van der Waals surface area contributed by atoms with E-state index in [1.165, 1.54) is 5.56 Å². The van der Waals surface area contributed by atoms with Crippen LogP contribution in [0.15, 0.2) is 84.9 Å². The highest BCUT2D eigenvalue weighted by Gasteiger charge is 2.30. The summed E-state index contributed by atoms with van der Waals surface area (Å²) in [5, 5.41) is 3.25. The van der Waals surface area contributed by atoms with Crippen molar-refractivity contribution in [3.05, 3.63) is 107 Å². The second-order valence-corrected chi connectivity index (χ2v) is 6.57. The van der Waals surface area contributed by atoms with E-state index in [1.54, 1.807) is 0 Å². The van der Waals surface area contributed by atoms with E-state index in [-0.39, 0.29) is 5.91 Å². The van der Waals surface area contributed by atoms with E-state index in [9.17, 15) is 4.79 Å². The molecule has 2 nitrogen and oxygen atoms in total. The molecule has 0 aliphatic heterocycles. The van der Waals surface area contributed by atoms with Crippen molar-refractivity contribution in [1.82, 2.24) is 5.32 Å². The van der Waals surface area contributed by atoms with Crippen LogP contribution in [-0.2, 0) is 16.8 Å². The number of rotatable bonds is 5. The molecule has 0 aliphatic rings. The molecule has 0 heterocycles. The van der Waals surface area contributed by atoms with Crippen LogP contribution >= 0.6 is 0 Å². The molecule has 126 valence electrons. The SMILES string of the molecule is Cc1ccc(CC(=O)NC(C)(c2ccccc2)c2ccccc2)cc1. The zero-order chi connectivity index (χ0) is 17.7. The molecule has 0 saturated carbocycles. The number of benzene rings is 3. The van der Waals surface area contributed by atoms with Crippen molar-refractivity contribution in [2.24, 2.45) is 0 Å². The molecule has 2 heteroatoms. The van der Waals surface area contributed by atoms with E-state index in [1.807, 2.05) is 67.6 Å². The number of aryl methyl sites for hydroxylation is 1. The number of amides is 1. The second kappa shape index (κ2) is 7.35. The van der Waals surface area contributed by atoms with Crippen LogP contribution in [0.5, 0.6) is 0 Å². The molecule has 3 aromatic rings. The molecule has 0 unspecified atom stereocenters. The number of carbonyl (C=O) groups is 1. The lowest BCUT2D eigenvalue weighted by molar-refractivity contribution is -0.121. The van der Waals surface area contributed by atoms with E-state index < -0.39 is 5.54 Å². The Morgan fingerprint density at radius 3 is 1.76 bits per heavy atom. The summed E-state index contributed by atoms with van der Waals surface area (Å²) in [4.78, 5) is 12.7. The quantitative estimate of drug-likeness (QED) is 0.727. The van der Waals surface area contributed by atoms with Gasteiger partial charge in [0.2, 0.25) is 5.91 Å². The molecule has 0 bridgehead atoms. The third kappa shape index (κ3) is 3.97. The largest absolute Gasteiger partial charge is 0.342 e. The van der Waals surface area contributed by atoms with Crippen LogP contribution in [0.1, 0.15) is 29.2 Å². The van der Waals surface area contributed by atoms with Crippen molar-refractivity contribution in [2.45, 2.75) is 25.8 Å². The van der Waals surface area contributed by atoms with Gasteiger partial charge in [0.15, 0.2) is 0 Å².